The normalized spacial score (nSPS) is 11.4. The molecule has 0 aliphatic rings. The number of benzene rings is 2. The number of carbonyl (C=O) groups is 1. The van der Waals surface area contributed by atoms with Crippen molar-refractivity contribution in [2.24, 2.45) is 0 Å². The van der Waals surface area contributed by atoms with Crippen LogP contribution >= 0.6 is 34.8 Å². The lowest BCUT2D eigenvalue weighted by molar-refractivity contribution is -0.137. The van der Waals surface area contributed by atoms with E-state index in [0.29, 0.717) is 12.1 Å². The molecule has 0 atom stereocenters. The standard InChI is InChI=1S/C14H6Cl3F3O2/c15-10-5-8(14(18,19)20)6-11(16)12(10)22-9-3-1-2-7(4-9)13(17)21/h1-6H. The Morgan fingerprint density at radius 1 is 1.05 bits per heavy atom. The monoisotopic (exact) mass is 368 g/mol. The quantitative estimate of drug-likeness (QED) is 0.604. The fourth-order valence-electron chi connectivity index (χ4n) is 1.62. The molecular weight excluding hydrogens is 364 g/mol. The van der Waals surface area contributed by atoms with Crippen molar-refractivity contribution >= 4 is 40.0 Å². The van der Waals surface area contributed by atoms with Crippen molar-refractivity contribution in [1.29, 1.82) is 0 Å². The molecule has 116 valence electrons. The van der Waals surface area contributed by atoms with Crippen LogP contribution in [0.2, 0.25) is 10.0 Å². The first kappa shape index (κ1) is 16.9. The van der Waals surface area contributed by atoms with E-state index in [1.165, 1.54) is 24.3 Å². The number of halogens is 6. The van der Waals surface area contributed by atoms with E-state index in [0.717, 1.165) is 0 Å². The number of hydrogen-bond donors (Lipinski definition) is 0. The molecule has 0 heterocycles. The van der Waals surface area contributed by atoms with Crippen molar-refractivity contribution in [2.45, 2.75) is 6.18 Å². The van der Waals surface area contributed by atoms with Crippen molar-refractivity contribution < 1.29 is 22.7 Å². The number of ether oxygens (including phenoxy) is 1. The van der Waals surface area contributed by atoms with E-state index in [1.807, 2.05) is 0 Å². The van der Waals surface area contributed by atoms with E-state index in [1.54, 1.807) is 0 Å². The Morgan fingerprint density at radius 2 is 1.64 bits per heavy atom. The molecule has 2 aromatic rings. The largest absolute Gasteiger partial charge is 0.454 e. The zero-order valence-electron chi connectivity index (χ0n) is 10.5. The van der Waals surface area contributed by atoms with Crippen molar-refractivity contribution in [3.63, 3.8) is 0 Å². The molecular formula is C14H6Cl3F3O2. The van der Waals surface area contributed by atoms with Crippen LogP contribution in [0.1, 0.15) is 15.9 Å². The molecule has 2 nitrogen and oxygen atoms in total. The summed E-state index contributed by atoms with van der Waals surface area (Å²) in [6.07, 6.45) is -4.57. The van der Waals surface area contributed by atoms with Gasteiger partial charge in [0, 0.05) is 5.56 Å². The zero-order valence-corrected chi connectivity index (χ0v) is 12.8. The lowest BCUT2D eigenvalue weighted by Crippen LogP contribution is -2.05. The summed E-state index contributed by atoms with van der Waals surface area (Å²) in [7, 11) is 0. The number of alkyl halides is 3. The predicted octanol–water partition coefficient (Wildman–Crippen LogP) is 6.18. The lowest BCUT2D eigenvalue weighted by Gasteiger charge is -2.13. The Bertz CT molecular complexity index is 707. The van der Waals surface area contributed by atoms with E-state index in [4.69, 9.17) is 39.5 Å². The van der Waals surface area contributed by atoms with Crippen LogP contribution < -0.4 is 4.74 Å². The summed E-state index contributed by atoms with van der Waals surface area (Å²) in [5.41, 5.74) is -0.821. The fourth-order valence-corrected chi connectivity index (χ4v) is 2.30. The molecule has 0 unspecified atom stereocenters. The molecule has 0 radical (unpaired) electrons. The Hall–Kier alpha value is -1.43. The zero-order chi connectivity index (χ0) is 16.5. The predicted molar refractivity (Wildman–Crippen MR) is 78.2 cm³/mol. The highest BCUT2D eigenvalue weighted by atomic mass is 35.5. The van der Waals surface area contributed by atoms with E-state index in [9.17, 15) is 18.0 Å². The average Bonchev–Trinajstić information content (AvgIpc) is 2.42. The summed E-state index contributed by atoms with van der Waals surface area (Å²) < 4.78 is 43.3. The van der Waals surface area contributed by atoms with Crippen LogP contribution in [0, 0.1) is 0 Å². The molecule has 0 aliphatic carbocycles. The molecule has 22 heavy (non-hydrogen) atoms. The highest BCUT2D eigenvalue weighted by Crippen LogP contribution is 2.41. The van der Waals surface area contributed by atoms with E-state index in [-0.39, 0.29) is 27.1 Å². The molecule has 0 fully saturated rings. The summed E-state index contributed by atoms with van der Waals surface area (Å²) >= 11 is 16.9. The van der Waals surface area contributed by atoms with Gasteiger partial charge in [0.25, 0.3) is 5.24 Å². The second kappa shape index (κ2) is 6.36. The molecule has 2 aromatic carbocycles. The minimum Gasteiger partial charge on any atom is -0.454 e. The van der Waals surface area contributed by atoms with Crippen molar-refractivity contribution in [3.8, 4) is 11.5 Å². The fraction of sp³-hybridized carbons (Fsp3) is 0.0714. The SMILES string of the molecule is O=C(Cl)c1cccc(Oc2c(Cl)cc(C(F)(F)F)cc2Cl)c1. The van der Waals surface area contributed by atoms with Crippen LogP contribution in [0.15, 0.2) is 36.4 Å². The third-order valence-electron chi connectivity index (χ3n) is 2.61. The van der Waals surface area contributed by atoms with Crippen molar-refractivity contribution in [3.05, 3.63) is 57.6 Å². The van der Waals surface area contributed by atoms with Crippen LogP contribution in [-0.2, 0) is 6.18 Å². The van der Waals surface area contributed by atoms with Gasteiger partial charge in [-0.15, -0.1) is 0 Å². The topological polar surface area (TPSA) is 26.3 Å². The maximum atomic E-state index is 12.6. The lowest BCUT2D eigenvalue weighted by atomic mass is 10.2. The molecule has 0 saturated carbocycles. The molecule has 0 bridgehead atoms. The van der Waals surface area contributed by atoms with E-state index in [2.05, 4.69) is 0 Å². The Balaban J connectivity index is 2.38. The number of rotatable bonds is 3. The molecule has 8 heteroatoms. The van der Waals surface area contributed by atoms with Crippen LogP contribution in [0.25, 0.3) is 0 Å². The number of hydrogen-bond acceptors (Lipinski definition) is 2. The third-order valence-corrected chi connectivity index (χ3v) is 3.39. The average molecular weight is 370 g/mol. The first-order chi connectivity index (χ1) is 10.2. The van der Waals surface area contributed by atoms with Gasteiger partial charge >= 0.3 is 6.18 Å². The van der Waals surface area contributed by atoms with Crippen LogP contribution in [-0.4, -0.2) is 5.24 Å². The van der Waals surface area contributed by atoms with Gasteiger partial charge < -0.3 is 4.74 Å². The van der Waals surface area contributed by atoms with Gasteiger partial charge in [-0.3, -0.25) is 4.79 Å². The molecule has 0 amide bonds. The Morgan fingerprint density at radius 3 is 2.14 bits per heavy atom. The minimum atomic E-state index is -4.57. The van der Waals surface area contributed by atoms with Gasteiger partial charge in [0.15, 0.2) is 5.75 Å². The van der Waals surface area contributed by atoms with Gasteiger partial charge in [-0.05, 0) is 41.9 Å². The van der Waals surface area contributed by atoms with Crippen LogP contribution in [0.4, 0.5) is 13.2 Å². The summed E-state index contributed by atoms with van der Waals surface area (Å²) in [5.74, 6) is 0.0190. The second-order valence-electron chi connectivity index (χ2n) is 4.17. The van der Waals surface area contributed by atoms with Crippen LogP contribution in [0.3, 0.4) is 0 Å². The summed E-state index contributed by atoms with van der Waals surface area (Å²) in [6, 6.07) is 7.17. The van der Waals surface area contributed by atoms with Gasteiger partial charge in [-0.2, -0.15) is 13.2 Å². The summed E-state index contributed by atoms with van der Waals surface area (Å²) in [5, 5.41) is -1.31. The van der Waals surface area contributed by atoms with Gasteiger partial charge in [0.2, 0.25) is 0 Å². The Labute approximate surface area is 138 Å². The molecule has 0 spiro atoms. The van der Waals surface area contributed by atoms with Crippen molar-refractivity contribution in [2.75, 3.05) is 0 Å². The second-order valence-corrected chi connectivity index (χ2v) is 5.33. The van der Waals surface area contributed by atoms with Crippen molar-refractivity contribution in [1.82, 2.24) is 0 Å². The first-order valence-corrected chi connectivity index (χ1v) is 6.86. The highest BCUT2D eigenvalue weighted by Gasteiger charge is 2.32. The Kier molecular flexibility index (Phi) is 4.90. The smallest absolute Gasteiger partial charge is 0.416 e. The van der Waals surface area contributed by atoms with Gasteiger partial charge in [0.1, 0.15) is 5.75 Å². The third kappa shape index (κ3) is 3.85. The molecule has 0 aromatic heterocycles. The first-order valence-electron chi connectivity index (χ1n) is 5.72. The molecule has 0 aliphatic heterocycles. The molecule has 0 saturated heterocycles. The summed E-state index contributed by atoms with van der Waals surface area (Å²) in [6.45, 7) is 0. The van der Waals surface area contributed by atoms with Gasteiger partial charge in [0.05, 0.1) is 15.6 Å². The maximum absolute atomic E-state index is 12.6. The highest BCUT2D eigenvalue weighted by molar-refractivity contribution is 6.67. The van der Waals surface area contributed by atoms with Gasteiger partial charge in [-0.1, -0.05) is 29.3 Å². The summed E-state index contributed by atoms with van der Waals surface area (Å²) in [4.78, 5) is 11.1. The van der Waals surface area contributed by atoms with Gasteiger partial charge in [-0.25, -0.2) is 0 Å². The minimum absolute atomic E-state index is 0.143. The number of carbonyl (C=O) groups excluding carboxylic acids is 1. The van der Waals surface area contributed by atoms with E-state index < -0.39 is 17.0 Å². The van der Waals surface area contributed by atoms with E-state index >= 15 is 0 Å². The van der Waals surface area contributed by atoms with Crippen LogP contribution in [0.5, 0.6) is 11.5 Å². The molecule has 0 N–H and O–H groups in total. The molecule has 2 rings (SSSR count). The maximum Gasteiger partial charge on any atom is 0.416 e.